The fourth-order valence-corrected chi connectivity index (χ4v) is 16.5. The van der Waals surface area contributed by atoms with Crippen molar-refractivity contribution in [3.05, 3.63) is 295 Å². The Labute approximate surface area is 642 Å². The summed E-state index contributed by atoms with van der Waals surface area (Å²) in [4.78, 5) is 25.2. The van der Waals surface area contributed by atoms with Crippen molar-refractivity contribution in [1.29, 1.82) is 15.8 Å². The van der Waals surface area contributed by atoms with Gasteiger partial charge in [-0.25, -0.2) is 14.5 Å². The van der Waals surface area contributed by atoms with E-state index in [1.54, 1.807) is 0 Å². The molecule has 15 rings (SSSR count). The molecule has 6 heterocycles. The molecule has 0 saturated carbocycles. The van der Waals surface area contributed by atoms with Crippen molar-refractivity contribution in [3.63, 3.8) is 0 Å². The van der Waals surface area contributed by atoms with Crippen LogP contribution >= 0.6 is 82.6 Å². The maximum Gasteiger partial charge on any atom is 0.190 e. The third kappa shape index (κ3) is 16.5. The van der Waals surface area contributed by atoms with E-state index in [9.17, 15) is 15.8 Å². The summed E-state index contributed by atoms with van der Waals surface area (Å²) in [5, 5.41) is 31.6. The zero-order chi connectivity index (χ0) is 71.0. The van der Waals surface area contributed by atoms with Crippen molar-refractivity contribution >= 4 is 117 Å². The monoisotopic (exact) mass is 1610 g/mol. The predicted octanol–water partition coefficient (Wildman–Crippen LogP) is 21.4. The van der Waals surface area contributed by atoms with Crippen LogP contribution in [0, 0.1) is 53.7 Å². The molecule has 0 aliphatic carbocycles. The first-order chi connectivity index (χ1) is 49.7. The summed E-state index contributed by atoms with van der Waals surface area (Å²) in [6, 6.07) is 67.0. The smallest absolute Gasteiger partial charge is 0.190 e. The van der Waals surface area contributed by atoms with Crippen LogP contribution in [-0.2, 0) is 0 Å². The number of hydrogen-bond acceptors (Lipinski definition) is 12. The quantitative estimate of drug-likeness (QED) is 0.127. The molecule has 3 fully saturated rings. The third-order valence-corrected chi connectivity index (χ3v) is 22.1. The molecular formula is C82H70Br3Cl3N12O3. The van der Waals surface area contributed by atoms with Crippen LogP contribution in [-0.4, -0.2) is 93.4 Å². The summed E-state index contributed by atoms with van der Waals surface area (Å²) in [7, 11) is 0. The second-order valence-electron chi connectivity index (χ2n) is 25.5. The number of halogens is 6. The normalized spacial score (nSPS) is 19.9. The molecule has 0 aromatic heterocycles. The molecule has 15 nitrogen and oxygen atoms in total. The van der Waals surface area contributed by atoms with Gasteiger partial charge >= 0.3 is 0 Å². The van der Waals surface area contributed by atoms with Crippen LogP contribution in [0.2, 0.25) is 15.1 Å². The van der Waals surface area contributed by atoms with Crippen LogP contribution in [0.25, 0.3) is 14.5 Å². The second-order valence-corrected chi connectivity index (χ2v) is 29.6. The number of benzene rings is 9. The maximum absolute atomic E-state index is 9.81. The van der Waals surface area contributed by atoms with E-state index >= 15 is 0 Å². The Morgan fingerprint density at radius 3 is 0.883 bits per heavy atom. The van der Waals surface area contributed by atoms with Gasteiger partial charge in [0.15, 0.2) is 17.1 Å². The predicted molar refractivity (Wildman–Crippen MR) is 419 cm³/mol. The maximum atomic E-state index is 9.81. The fourth-order valence-electron chi connectivity index (χ4n) is 15.0. The molecule has 3 saturated heterocycles. The third-order valence-electron chi connectivity index (χ3n) is 19.9. The van der Waals surface area contributed by atoms with E-state index < -0.39 is 0 Å². The lowest BCUT2D eigenvalue weighted by Gasteiger charge is -2.47. The van der Waals surface area contributed by atoms with Crippen LogP contribution in [0.4, 0.5) is 34.1 Å². The standard InChI is InChI=1S/3C27H22BrClN4O.CH4/c3*1-31-22-7-8-23-25(10-13-34-27(23)15-22)32-11-12-33(24-9-4-20(28)14-19(24)16-30)26(17-32)18-2-5-21(29)6-3-18;/h3*2-9,14-15,25-26H,10-13,17H2;1H4/t25?,26-;25-,26+;25-,26-;/m010./s1. The SMILES string of the molecule is C.[C-]#[N+]c1ccc2c(c1)OCCC2N1CCN(c2ccc(Br)cc2C#N)[C@H](c2ccc(Cl)cc2)C1.[C-]#[N+]c1ccc2c(c1)OCC[C@@H]2N1CCN(c2ccc(Br)cc2C#N)[C@H](c2ccc(Cl)cc2)C1.[C-]#[N+]c1ccc2c(c1)OCC[C@H]2N1CCN(c2ccc(Br)cc2C#N)[C@H](c2ccc(Cl)cc2)C1. The van der Waals surface area contributed by atoms with E-state index in [1.807, 2.05) is 146 Å². The fraction of sp³-hybridized carbons (Fsp3) is 0.268. The Kier molecular flexibility index (Phi) is 24.0. The Balaban J connectivity index is 0.000000145. The van der Waals surface area contributed by atoms with Crippen molar-refractivity contribution in [2.24, 2.45) is 0 Å². The lowest BCUT2D eigenvalue weighted by Crippen LogP contribution is -2.50. The van der Waals surface area contributed by atoms with Crippen LogP contribution in [0.3, 0.4) is 0 Å². The topological polar surface area (TPSA) is 132 Å². The Bertz CT molecular complexity index is 4370. The van der Waals surface area contributed by atoms with Crippen LogP contribution in [0.15, 0.2) is 195 Å². The molecule has 0 amide bonds. The highest BCUT2D eigenvalue weighted by molar-refractivity contribution is 9.11. The highest BCUT2D eigenvalue weighted by Crippen LogP contribution is 2.47. The van der Waals surface area contributed by atoms with Gasteiger partial charge in [-0.15, -0.1) is 0 Å². The van der Waals surface area contributed by atoms with Crippen LogP contribution in [0.5, 0.6) is 17.2 Å². The minimum Gasteiger partial charge on any atom is -0.494 e. The zero-order valence-corrected chi connectivity index (χ0v) is 62.3. The van der Waals surface area contributed by atoms with Gasteiger partial charge in [-0.2, -0.15) is 15.8 Å². The second kappa shape index (κ2) is 33.6. The molecule has 0 bridgehead atoms. The Hall–Kier alpha value is -9.09. The number of anilines is 3. The van der Waals surface area contributed by atoms with Gasteiger partial charge in [0.05, 0.1) is 91.4 Å². The van der Waals surface area contributed by atoms with Gasteiger partial charge in [-0.1, -0.05) is 163 Å². The highest BCUT2D eigenvalue weighted by atomic mass is 79.9. The van der Waals surface area contributed by atoms with E-state index in [4.69, 9.17) is 68.7 Å². The van der Waals surface area contributed by atoms with Crippen molar-refractivity contribution in [2.45, 2.75) is 62.9 Å². The zero-order valence-electron chi connectivity index (χ0n) is 55.3. The van der Waals surface area contributed by atoms with Crippen molar-refractivity contribution < 1.29 is 14.2 Å². The molecular weight excluding hydrogens is 1550 g/mol. The number of nitrogens with zero attached hydrogens (tertiary/aromatic N) is 12. The number of hydrogen-bond donors (Lipinski definition) is 0. The molecule has 6 aliphatic rings. The average molecular weight is 1620 g/mol. The van der Waals surface area contributed by atoms with E-state index in [2.05, 4.69) is 146 Å². The minimum atomic E-state index is 0. The van der Waals surface area contributed by atoms with Gasteiger partial charge in [0.1, 0.15) is 35.5 Å². The van der Waals surface area contributed by atoms with Gasteiger partial charge in [-0.05, 0) is 126 Å². The molecule has 9 aromatic carbocycles. The lowest BCUT2D eigenvalue weighted by atomic mass is 9.94. The van der Waals surface area contributed by atoms with Gasteiger partial charge in [0.2, 0.25) is 0 Å². The number of fused-ring (bicyclic) bond motifs is 3. The summed E-state index contributed by atoms with van der Waals surface area (Å²) < 4.78 is 20.4. The summed E-state index contributed by atoms with van der Waals surface area (Å²) >= 11 is 29.1. The molecule has 21 heteroatoms. The Morgan fingerprint density at radius 1 is 0.359 bits per heavy atom. The van der Waals surface area contributed by atoms with E-state index in [0.717, 1.165) is 159 Å². The minimum absolute atomic E-state index is 0. The lowest BCUT2D eigenvalue weighted by molar-refractivity contribution is 0.117. The molecule has 518 valence electrons. The van der Waals surface area contributed by atoms with Crippen LogP contribution < -0.4 is 28.9 Å². The number of piperazine rings is 3. The number of rotatable bonds is 9. The molecule has 103 heavy (non-hydrogen) atoms. The van der Waals surface area contributed by atoms with Gasteiger partial charge < -0.3 is 28.9 Å². The first-order valence-electron chi connectivity index (χ1n) is 33.5. The molecule has 0 N–H and O–H groups in total. The molecule has 9 aromatic rings. The summed E-state index contributed by atoms with van der Waals surface area (Å²) in [6.45, 7) is 31.2. The van der Waals surface area contributed by atoms with Crippen molar-refractivity contribution in [2.75, 3.05) is 93.4 Å². The van der Waals surface area contributed by atoms with Gasteiger partial charge in [0.25, 0.3) is 0 Å². The van der Waals surface area contributed by atoms with Crippen molar-refractivity contribution in [3.8, 4) is 35.5 Å². The van der Waals surface area contributed by atoms with Crippen molar-refractivity contribution in [1.82, 2.24) is 14.7 Å². The summed E-state index contributed by atoms with van der Waals surface area (Å²) in [6.07, 6.45) is 2.71. The largest absolute Gasteiger partial charge is 0.494 e. The van der Waals surface area contributed by atoms with Crippen LogP contribution in [0.1, 0.15) is 113 Å². The first kappa shape index (κ1) is 73.7. The molecule has 6 aliphatic heterocycles. The Morgan fingerprint density at radius 2 is 0.631 bits per heavy atom. The number of ether oxygens (including phenoxy) is 3. The van der Waals surface area contributed by atoms with E-state index in [-0.39, 0.29) is 43.7 Å². The molecule has 6 atom stereocenters. The highest BCUT2D eigenvalue weighted by Gasteiger charge is 2.40. The van der Waals surface area contributed by atoms with E-state index in [0.29, 0.717) is 68.6 Å². The molecule has 0 radical (unpaired) electrons. The summed E-state index contributed by atoms with van der Waals surface area (Å²) in [5.41, 5.74) is 13.5. The van der Waals surface area contributed by atoms with E-state index in [1.165, 1.54) is 0 Å². The summed E-state index contributed by atoms with van der Waals surface area (Å²) in [5.74, 6) is 2.44. The van der Waals surface area contributed by atoms with Gasteiger partial charge in [0, 0.05) is 141 Å². The number of nitriles is 3. The average Bonchev–Trinajstić information content (AvgIpc) is 0.781. The van der Waals surface area contributed by atoms with Gasteiger partial charge in [-0.3, -0.25) is 14.7 Å². The molecule has 1 unspecified atom stereocenters. The molecule has 0 spiro atoms. The first-order valence-corrected chi connectivity index (χ1v) is 37.0.